The molecule has 0 saturated carbocycles. The van der Waals surface area contributed by atoms with Crippen LogP contribution < -0.4 is 14.8 Å². The summed E-state index contributed by atoms with van der Waals surface area (Å²) >= 11 is 0. The average Bonchev–Trinajstić information content (AvgIpc) is 3.05. The molecule has 0 bridgehead atoms. The number of methoxy groups -OCH3 is 1. The molecule has 4 aromatic rings. The van der Waals surface area contributed by atoms with E-state index in [1.807, 2.05) is 49.4 Å². The molecule has 3 aromatic carbocycles. The maximum Gasteiger partial charge on any atom is 0.227 e. The number of anilines is 2. The Hall–Kier alpha value is -4.33. The number of hydrogen-bond donors (Lipinski definition) is 1. The van der Waals surface area contributed by atoms with Crippen LogP contribution in [0.2, 0.25) is 0 Å². The SMILES string of the molecule is COc1cc(Nc2ncc3c(n2)-c2ccccc2C(c2c(F)cccc2OCCF)=NC3)ccc1C. The molecule has 0 spiro atoms. The van der Waals surface area contributed by atoms with E-state index >= 15 is 4.39 Å². The zero-order chi connectivity index (χ0) is 25.1. The minimum atomic E-state index is -0.678. The molecule has 2 heterocycles. The van der Waals surface area contributed by atoms with E-state index in [4.69, 9.17) is 19.5 Å². The highest BCUT2D eigenvalue weighted by atomic mass is 19.1. The Morgan fingerprint density at radius 2 is 1.83 bits per heavy atom. The molecule has 0 radical (unpaired) electrons. The Labute approximate surface area is 207 Å². The Kier molecular flexibility index (Phi) is 6.58. The largest absolute Gasteiger partial charge is 0.496 e. The predicted octanol–water partition coefficient (Wildman–Crippen LogP) is 6.04. The number of aliphatic imine (C=N–C) groups is 1. The van der Waals surface area contributed by atoms with Gasteiger partial charge in [0.05, 0.1) is 30.6 Å². The van der Waals surface area contributed by atoms with Gasteiger partial charge in [0.15, 0.2) is 0 Å². The van der Waals surface area contributed by atoms with E-state index in [0.29, 0.717) is 22.9 Å². The van der Waals surface area contributed by atoms with Crippen molar-refractivity contribution >= 4 is 17.3 Å². The molecule has 0 atom stereocenters. The first-order valence-corrected chi connectivity index (χ1v) is 11.5. The molecule has 36 heavy (non-hydrogen) atoms. The third kappa shape index (κ3) is 4.49. The van der Waals surface area contributed by atoms with Crippen LogP contribution in [0.25, 0.3) is 11.3 Å². The fraction of sp³-hybridized carbons (Fsp3) is 0.179. The molecule has 5 rings (SSSR count). The lowest BCUT2D eigenvalue weighted by molar-refractivity contribution is 0.272. The summed E-state index contributed by atoms with van der Waals surface area (Å²) in [7, 11) is 1.63. The van der Waals surface area contributed by atoms with Gasteiger partial charge in [-0.05, 0) is 30.7 Å². The second-order valence-corrected chi connectivity index (χ2v) is 8.24. The summed E-state index contributed by atoms with van der Waals surface area (Å²) in [5.74, 6) is 0.922. The second kappa shape index (κ2) is 10.1. The molecule has 6 nitrogen and oxygen atoms in total. The van der Waals surface area contributed by atoms with Crippen molar-refractivity contribution in [2.45, 2.75) is 13.5 Å². The highest BCUT2D eigenvalue weighted by Gasteiger charge is 2.25. The number of aromatic nitrogens is 2. The molecular weight excluding hydrogens is 462 g/mol. The van der Waals surface area contributed by atoms with E-state index in [2.05, 4.69) is 10.3 Å². The minimum absolute atomic E-state index is 0.171. The summed E-state index contributed by atoms with van der Waals surface area (Å²) in [6.45, 7) is 1.37. The van der Waals surface area contributed by atoms with Crippen LogP contribution in [0.1, 0.15) is 22.3 Å². The van der Waals surface area contributed by atoms with Gasteiger partial charge >= 0.3 is 0 Å². The quantitative estimate of drug-likeness (QED) is 0.345. The predicted molar refractivity (Wildman–Crippen MR) is 136 cm³/mol. The molecule has 1 N–H and O–H groups in total. The molecule has 1 aliphatic heterocycles. The second-order valence-electron chi connectivity index (χ2n) is 8.24. The summed E-state index contributed by atoms with van der Waals surface area (Å²) in [4.78, 5) is 14.0. The highest BCUT2D eigenvalue weighted by molar-refractivity contribution is 6.18. The zero-order valence-corrected chi connectivity index (χ0v) is 19.9. The van der Waals surface area contributed by atoms with E-state index in [1.54, 1.807) is 19.4 Å². The topological polar surface area (TPSA) is 68.6 Å². The number of rotatable bonds is 7. The molecule has 0 unspecified atom stereocenters. The van der Waals surface area contributed by atoms with Crippen LogP contribution in [0.15, 0.2) is 71.9 Å². The van der Waals surface area contributed by atoms with Crippen molar-refractivity contribution in [1.82, 2.24) is 9.97 Å². The van der Waals surface area contributed by atoms with Crippen LogP contribution in [0.5, 0.6) is 11.5 Å². The zero-order valence-electron chi connectivity index (χ0n) is 19.9. The summed E-state index contributed by atoms with van der Waals surface area (Å²) in [5, 5.41) is 3.24. The number of ether oxygens (including phenoxy) is 2. The summed E-state index contributed by atoms with van der Waals surface area (Å²) < 4.78 is 38.9. The van der Waals surface area contributed by atoms with Crippen LogP contribution in [0.3, 0.4) is 0 Å². The van der Waals surface area contributed by atoms with E-state index in [1.165, 1.54) is 12.1 Å². The van der Waals surface area contributed by atoms with Gasteiger partial charge < -0.3 is 14.8 Å². The highest BCUT2D eigenvalue weighted by Crippen LogP contribution is 2.35. The van der Waals surface area contributed by atoms with Crippen LogP contribution in [-0.2, 0) is 6.54 Å². The van der Waals surface area contributed by atoms with Crippen molar-refractivity contribution in [1.29, 1.82) is 0 Å². The third-order valence-corrected chi connectivity index (χ3v) is 5.92. The van der Waals surface area contributed by atoms with Crippen molar-refractivity contribution < 1.29 is 18.3 Å². The summed E-state index contributed by atoms with van der Waals surface area (Å²) in [5.41, 5.74) is 5.42. The first-order chi connectivity index (χ1) is 17.6. The average molecular weight is 487 g/mol. The number of hydrogen-bond acceptors (Lipinski definition) is 6. The maximum atomic E-state index is 15.1. The number of fused-ring (bicyclic) bond motifs is 3. The fourth-order valence-electron chi connectivity index (χ4n) is 4.20. The first-order valence-electron chi connectivity index (χ1n) is 11.5. The lowest BCUT2D eigenvalue weighted by Crippen LogP contribution is -2.11. The van der Waals surface area contributed by atoms with Gasteiger partial charge in [-0.2, -0.15) is 0 Å². The van der Waals surface area contributed by atoms with Gasteiger partial charge in [0.1, 0.15) is 30.6 Å². The van der Waals surface area contributed by atoms with Crippen LogP contribution in [-0.4, -0.2) is 36.1 Å². The van der Waals surface area contributed by atoms with E-state index in [9.17, 15) is 4.39 Å². The molecule has 8 heteroatoms. The molecule has 1 aromatic heterocycles. The maximum absolute atomic E-state index is 15.1. The van der Waals surface area contributed by atoms with Crippen molar-refractivity contribution in [2.24, 2.45) is 4.99 Å². The number of aryl methyl sites for hydroxylation is 1. The number of halogens is 2. The molecule has 1 aliphatic rings. The van der Waals surface area contributed by atoms with E-state index in [0.717, 1.165) is 28.1 Å². The van der Waals surface area contributed by atoms with Gasteiger partial charge in [-0.3, -0.25) is 4.99 Å². The molecular formula is C28H24F2N4O2. The monoisotopic (exact) mass is 486 g/mol. The lowest BCUT2D eigenvalue weighted by atomic mass is 9.94. The number of nitrogens with zero attached hydrogens (tertiary/aromatic N) is 3. The van der Waals surface area contributed by atoms with Gasteiger partial charge in [0, 0.05) is 34.6 Å². The number of nitrogens with one attached hydrogen (secondary N) is 1. The van der Waals surface area contributed by atoms with Gasteiger partial charge in [-0.1, -0.05) is 36.4 Å². The smallest absolute Gasteiger partial charge is 0.227 e. The number of alkyl halides is 1. The lowest BCUT2D eigenvalue weighted by Gasteiger charge is -2.15. The fourth-order valence-corrected chi connectivity index (χ4v) is 4.20. The van der Waals surface area contributed by atoms with Crippen molar-refractivity contribution in [2.75, 3.05) is 25.7 Å². The molecule has 182 valence electrons. The molecule has 0 amide bonds. The normalized spacial score (nSPS) is 12.2. The Balaban J connectivity index is 1.57. The van der Waals surface area contributed by atoms with Gasteiger partial charge in [0.25, 0.3) is 0 Å². The Bertz CT molecular complexity index is 1460. The van der Waals surface area contributed by atoms with E-state index < -0.39 is 12.5 Å². The van der Waals surface area contributed by atoms with Crippen LogP contribution in [0.4, 0.5) is 20.4 Å². The van der Waals surface area contributed by atoms with Gasteiger partial charge in [0.2, 0.25) is 5.95 Å². The molecule has 0 aliphatic carbocycles. The first kappa shape index (κ1) is 23.4. The van der Waals surface area contributed by atoms with Gasteiger partial charge in [-0.15, -0.1) is 0 Å². The molecule has 0 fully saturated rings. The van der Waals surface area contributed by atoms with Crippen molar-refractivity contribution in [3.8, 4) is 22.8 Å². The molecule has 0 saturated heterocycles. The Morgan fingerprint density at radius 3 is 2.64 bits per heavy atom. The van der Waals surface area contributed by atoms with Crippen molar-refractivity contribution in [3.05, 3.63) is 94.9 Å². The van der Waals surface area contributed by atoms with Gasteiger partial charge in [-0.25, -0.2) is 18.7 Å². The van der Waals surface area contributed by atoms with Crippen LogP contribution >= 0.6 is 0 Å². The summed E-state index contributed by atoms with van der Waals surface area (Å²) in [6.07, 6.45) is 1.72. The summed E-state index contributed by atoms with van der Waals surface area (Å²) in [6, 6.07) is 17.8. The third-order valence-electron chi connectivity index (χ3n) is 5.92. The Morgan fingerprint density at radius 1 is 1.00 bits per heavy atom. The van der Waals surface area contributed by atoms with Crippen molar-refractivity contribution in [3.63, 3.8) is 0 Å². The van der Waals surface area contributed by atoms with E-state index in [-0.39, 0.29) is 24.5 Å². The number of benzene rings is 3. The van der Waals surface area contributed by atoms with Crippen LogP contribution in [0, 0.1) is 12.7 Å². The standard InChI is InChI=1S/C28H24F2N4O2/c1-17-10-11-19(14-24(17)35-2)33-28-32-16-18-15-31-27(21-7-4-3-6-20(21)26(18)34-28)25-22(30)8-5-9-23(25)36-13-12-29/h3-11,14,16H,12-13,15H2,1-2H3,(H,32,33,34). The minimum Gasteiger partial charge on any atom is -0.496 e.